The number of Topliss-reactive ketones (excluding diaryl/α,β-unsaturated/α-hetero) is 1. The van der Waals surface area contributed by atoms with Crippen LogP contribution in [0.3, 0.4) is 0 Å². The van der Waals surface area contributed by atoms with E-state index in [9.17, 15) is 28.1 Å². The van der Waals surface area contributed by atoms with Crippen molar-refractivity contribution in [3.8, 4) is 11.5 Å². The van der Waals surface area contributed by atoms with Gasteiger partial charge in [0.25, 0.3) is 5.69 Å². The number of nitrogens with zero attached hydrogens (tertiary/aromatic N) is 1. The fourth-order valence-corrected chi connectivity index (χ4v) is 3.44. The van der Waals surface area contributed by atoms with Crippen LogP contribution in [0.4, 0.5) is 5.69 Å². The van der Waals surface area contributed by atoms with Crippen molar-refractivity contribution in [3.05, 3.63) is 57.6 Å². The summed E-state index contributed by atoms with van der Waals surface area (Å²) >= 11 is 0. The van der Waals surface area contributed by atoms with Gasteiger partial charge < -0.3 is 14.2 Å². The third-order valence-electron chi connectivity index (χ3n) is 3.99. The van der Waals surface area contributed by atoms with E-state index in [2.05, 4.69) is 0 Å². The first-order chi connectivity index (χ1) is 13.7. The van der Waals surface area contributed by atoms with Crippen molar-refractivity contribution >= 4 is 27.3 Å². The quantitative estimate of drug-likeness (QED) is 0.296. The first-order valence-corrected chi connectivity index (χ1v) is 10.1. The average Bonchev–Trinajstić information content (AvgIpc) is 2.70. The van der Waals surface area contributed by atoms with E-state index in [1.54, 1.807) is 6.07 Å². The molecule has 2 aromatic rings. The smallest absolute Gasteiger partial charge is 0.338 e. The van der Waals surface area contributed by atoms with Crippen molar-refractivity contribution in [2.24, 2.45) is 0 Å². The first kappa shape index (κ1) is 20.3. The van der Waals surface area contributed by atoms with Gasteiger partial charge in [0, 0.05) is 17.9 Å². The van der Waals surface area contributed by atoms with E-state index < -0.39 is 43.7 Å². The molecular weight excluding hydrogens is 406 g/mol. The summed E-state index contributed by atoms with van der Waals surface area (Å²) in [5.74, 6) is -0.611. The van der Waals surface area contributed by atoms with E-state index in [-0.39, 0.29) is 11.1 Å². The summed E-state index contributed by atoms with van der Waals surface area (Å²) in [5, 5.41) is 11.1. The lowest BCUT2D eigenvalue weighted by molar-refractivity contribution is -0.387. The van der Waals surface area contributed by atoms with Gasteiger partial charge in [0.1, 0.15) is 18.1 Å². The van der Waals surface area contributed by atoms with Gasteiger partial charge in [-0.1, -0.05) is 0 Å². The predicted octanol–water partition coefficient (Wildman–Crippen LogP) is 1.81. The molecule has 0 amide bonds. The highest BCUT2D eigenvalue weighted by atomic mass is 32.2. The van der Waals surface area contributed by atoms with Crippen molar-refractivity contribution in [1.29, 1.82) is 0 Å². The molecule has 10 nitrogen and oxygen atoms in total. The van der Waals surface area contributed by atoms with Gasteiger partial charge in [0.15, 0.2) is 33.7 Å². The van der Waals surface area contributed by atoms with Crippen LogP contribution in [0.2, 0.25) is 0 Å². The van der Waals surface area contributed by atoms with Crippen LogP contribution in [0.1, 0.15) is 20.7 Å². The van der Waals surface area contributed by atoms with Gasteiger partial charge in [0.05, 0.1) is 10.5 Å². The topological polar surface area (TPSA) is 139 Å². The fourth-order valence-electron chi connectivity index (χ4n) is 2.62. The second-order valence-corrected chi connectivity index (χ2v) is 8.05. The molecule has 0 saturated carbocycles. The lowest BCUT2D eigenvalue weighted by atomic mass is 10.1. The maximum atomic E-state index is 12.3. The molecule has 0 aromatic heterocycles. The zero-order valence-corrected chi connectivity index (χ0v) is 15.9. The van der Waals surface area contributed by atoms with E-state index in [1.165, 1.54) is 12.1 Å². The monoisotopic (exact) mass is 421 g/mol. The molecule has 11 heteroatoms. The second-order valence-electron chi connectivity index (χ2n) is 6.07. The van der Waals surface area contributed by atoms with Crippen molar-refractivity contribution in [2.45, 2.75) is 4.90 Å². The summed E-state index contributed by atoms with van der Waals surface area (Å²) in [6.45, 7) is 0.143. The van der Waals surface area contributed by atoms with Crippen LogP contribution in [0, 0.1) is 10.1 Å². The number of carbonyl (C=O) groups is 2. The van der Waals surface area contributed by atoms with E-state index >= 15 is 0 Å². The highest BCUT2D eigenvalue weighted by Crippen LogP contribution is 2.31. The van der Waals surface area contributed by atoms with Crippen LogP contribution in [0.15, 0.2) is 41.3 Å². The Hall–Kier alpha value is -3.47. The Labute approximate surface area is 165 Å². The number of ketones is 1. The molecule has 1 heterocycles. The molecule has 152 valence electrons. The molecule has 0 atom stereocenters. The number of esters is 1. The standard InChI is InChI=1S/C18H15NO9S/c1-29(24,25)17-5-3-12(8-13(17)19(22)23)18(21)28-10-14(20)11-2-4-15-16(9-11)27-7-6-26-15/h2-5,8-9H,6-7,10H2,1H3. The molecular formula is C18H15NO9S. The Kier molecular flexibility index (Phi) is 5.50. The number of hydrogen-bond acceptors (Lipinski definition) is 9. The van der Waals surface area contributed by atoms with Crippen molar-refractivity contribution in [2.75, 3.05) is 26.1 Å². The summed E-state index contributed by atoms with van der Waals surface area (Å²) in [6.07, 6.45) is 0.819. The number of nitro benzene ring substituents is 1. The Morgan fingerprint density at radius 2 is 1.72 bits per heavy atom. The minimum atomic E-state index is -3.86. The minimum Gasteiger partial charge on any atom is -0.486 e. The number of hydrogen-bond donors (Lipinski definition) is 0. The van der Waals surface area contributed by atoms with Crippen LogP contribution in [-0.4, -0.2) is 51.2 Å². The van der Waals surface area contributed by atoms with E-state index in [1.807, 2.05) is 0 Å². The van der Waals surface area contributed by atoms with Crippen LogP contribution < -0.4 is 9.47 Å². The second kappa shape index (κ2) is 7.87. The van der Waals surface area contributed by atoms with Gasteiger partial charge in [-0.15, -0.1) is 0 Å². The van der Waals surface area contributed by atoms with Crippen molar-refractivity contribution in [1.82, 2.24) is 0 Å². The molecule has 29 heavy (non-hydrogen) atoms. The number of carbonyl (C=O) groups excluding carboxylic acids is 2. The molecule has 0 unspecified atom stereocenters. The van der Waals surface area contributed by atoms with Crippen LogP contribution in [0.25, 0.3) is 0 Å². The Bertz CT molecular complexity index is 1110. The van der Waals surface area contributed by atoms with Gasteiger partial charge in [-0.25, -0.2) is 13.2 Å². The Morgan fingerprint density at radius 1 is 1.07 bits per heavy atom. The highest BCUT2D eigenvalue weighted by molar-refractivity contribution is 7.90. The molecule has 0 aliphatic carbocycles. The van der Waals surface area contributed by atoms with Crippen LogP contribution in [-0.2, 0) is 14.6 Å². The molecule has 0 N–H and O–H groups in total. The lowest BCUT2D eigenvalue weighted by Gasteiger charge is -2.18. The zero-order chi connectivity index (χ0) is 21.2. The lowest BCUT2D eigenvalue weighted by Crippen LogP contribution is -2.17. The fraction of sp³-hybridized carbons (Fsp3) is 0.222. The number of fused-ring (bicyclic) bond motifs is 1. The summed E-state index contributed by atoms with van der Waals surface area (Å²) < 4.78 is 38.9. The average molecular weight is 421 g/mol. The first-order valence-electron chi connectivity index (χ1n) is 8.25. The van der Waals surface area contributed by atoms with Gasteiger partial charge >= 0.3 is 5.97 Å². The van der Waals surface area contributed by atoms with Gasteiger partial charge in [-0.3, -0.25) is 14.9 Å². The minimum absolute atomic E-state index is 0.237. The largest absolute Gasteiger partial charge is 0.486 e. The maximum Gasteiger partial charge on any atom is 0.338 e. The van der Waals surface area contributed by atoms with E-state index in [0.29, 0.717) is 24.7 Å². The third-order valence-corrected chi connectivity index (χ3v) is 5.13. The van der Waals surface area contributed by atoms with Crippen molar-refractivity contribution in [3.63, 3.8) is 0 Å². The number of sulfone groups is 1. The molecule has 0 radical (unpaired) electrons. The molecule has 0 bridgehead atoms. The summed E-state index contributed by atoms with van der Waals surface area (Å²) in [5.41, 5.74) is -0.764. The Balaban J connectivity index is 1.73. The maximum absolute atomic E-state index is 12.3. The third kappa shape index (κ3) is 4.51. The Morgan fingerprint density at radius 3 is 2.38 bits per heavy atom. The molecule has 0 fully saturated rings. The summed E-state index contributed by atoms with van der Waals surface area (Å²) in [6, 6.07) is 7.36. The van der Waals surface area contributed by atoms with E-state index in [4.69, 9.17) is 14.2 Å². The number of ether oxygens (including phenoxy) is 3. The van der Waals surface area contributed by atoms with Crippen LogP contribution in [0.5, 0.6) is 11.5 Å². The molecule has 2 aromatic carbocycles. The summed E-state index contributed by atoms with van der Waals surface area (Å²) in [4.78, 5) is 34.1. The number of rotatable bonds is 6. The van der Waals surface area contributed by atoms with Crippen molar-refractivity contribution < 1.29 is 37.1 Å². The number of nitro groups is 1. The SMILES string of the molecule is CS(=O)(=O)c1ccc(C(=O)OCC(=O)c2ccc3c(c2)OCCO3)cc1[N+](=O)[O-]. The highest BCUT2D eigenvalue weighted by Gasteiger charge is 2.25. The van der Waals surface area contributed by atoms with Gasteiger partial charge in [-0.05, 0) is 30.3 Å². The van der Waals surface area contributed by atoms with Gasteiger partial charge in [-0.2, -0.15) is 0 Å². The molecule has 3 rings (SSSR count). The molecule has 0 saturated heterocycles. The molecule has 1 aliphatic rings. The predicted molar refractivity (Wildman–Crippen MR) is 98.3 cm³/mol. The summed E-state index contributed by atoms with van der Waals surface area (Å²) in [7, 11) is -3.86. The number of benzene rings is 2. The van der Waals surface area contributed by atoms with Gasteiger partial charge in [0.2, 0.25) is 0 Å². The zero-order valence-electron chi connectivity index (χ0n) is 15.1. The van der Waals surface area contributed by atoms with E-state index in [0.717, 1.165) is 24.5 Å². The molecule has 0 spiro atoms. The molecule has 1 aliphatic heterocycles. The van der Waals surface area contributed by atoms with Crippen LogP contribution >= 0.6 is 0 Å². The normalized spacial score (nSPS) is 12.9.